The van der Waals surface area contributed by atoms with Crippen LogP contribution in [-0.2, 0) is 4.79 Å². The minimum Gasteiger partial charge on any atom is -0.480 e. The Morgan fingerprint density at radius 1 is 1.50 bits per heavy atom. The SMILES string of the molecule is CC(C)CC(C)N1CCCC1C(=O)O. The molecular weight excluding hydrogens is 178 g/mol. The minimum atomic E-state index is -0.655. The predicted octanol–water partition coefficient (Wildman–Crippen LogP) is 1.97. The van der Waals surface area contributed by atoms with Gasteiger partial charge in [-0.1, -0.05) is 13.8 Å². The Bertz CT molecular complexity index is 203. The lowest BCUT2D eigenvalue weighted by atomic mass is 10.0. The summed E-state index contributed by atoms with van der Waals surface area (Å²) in [4.78, 5) is 13.1. The van der Waals surface area contributed by atoms with Gasteiger partial charge < -0.3 is 5.11 Å². The molecule has 1 saturated heterocycles. The molecule has 1 aliphatic rings. The fraction of sp³-hybridized carbons (Fsp3) is 0.909. The standard InChI is InChI=1S/C11H21NO2/c1-8(2)7-9(3)12-6-4-5-10(12)11(13)14/h8-10H,4-7H2,1-3H3,(H,13,14). The Morgan fingerprint density at radius 3 is 2.64 bits per heavy atom. The highest BCUT2D eigenvalue weighted by atomic mass is 16.4. The maximum Gasteiger partial charge on any atom is 0.320 e. The van der Waals surface area contributed by atoms with E-state index >= 15 is 0 Å². The smallest absolute Gasteiger partial charge is 0.320 e. The fourth-order valence-electron chi connectivity index (χ4n) is 2.40. The zero-order valence-electron chi connectivity index (χ0n) is 9.36. The third kappa shape index (κ3) is 2.71. The van der Waals surface area contributed by atoms with Gasteiger partial charge in [-0.25, -0.2) is 0 Å². The molecule has 1 heterocycles. The number of carbonyl (C=O) groups is 1. The summed E-state index contributed by atoms with van der Waals surface area (Å²) >= 11 is 0. The molecule has 0 bridgehead atoms. The van der Waals surface area contributed by atoms with Gasteiger partial charge in [0.2, 0.25) is 0 Å². The summed E-state index contributed by atoms with van der Waals surface area (Å²) < 4.78 is 0. The summed E-state index contributed by atoms with van der Waals surface area (Å²) in [5.41, 5.74) is 0. The zero-order valence-corrected chi connectivity index (χ0v) is 9.36. The summed E-state index contributed by atoms with van der Waals surface area (Å²) in [6.45, 7) is 7.46. The van der Waals surface area contributed by atoms with Crippen LogP contribution < -0.4 is 0 Å². The number of hydrogen-bond donors (Lipinski definition) is 1. The molecular formula is C11H21NO2. The monoisotopic (exact) mass is 199 g/mol. The van der Waals surface area contributed by atoms with E-state index in [-0.39, 0.29) is 6.04 Å². The molecule has 0 radical (unpaired) electrons. The molecule has 1 aliphatic heterocycles. The van der Waals surface area contributed by atoms with Crippen LogP contribution in [0.5, 0.6) is 0 Å². The first-order valence-corrected chi connectivity index (χ1v) is 5.51. The average Bonchev–Trinajstić information content (AvgIpc) is 2.49. The Hall–Kier alpha value is -0.570. The van der Waals surface area contributed by atoms with Crippen LogP contribution in [0, 0.1) is 5.92 Å². The zero-order chi connectivity index (χ0) is 10.7. The molecule has 0 aromatic rings. The van der Waals surface area contributed by atoms with Crippen molar-refractivity contribution in [2.75, 3.05) is 6.54 Å². The molecule has 1 rings (SSSR count). The van der Waals surface area contributed by atoms with Gasteiger partial charge in [0, 0.05) is 6.04 Å². The van der Waals surface area contributed by atoms with Crippen LogP contribution >= 0.6 is 0 Å². The number of aliphatic carboxylic acids is 1. The summed E-state index contributed by atoms with van der Waals surface area (Å²) in [6.07, 6.45) is 2.93. The molecule has 2 atom stereocenters. The van der Waals surface area contributed by atoms with E-state index in [2.05, 4.69) is 25.7 Å². The van der Waals surface area contributed by atoms with Crippen molar-refractivity contribution in [2.45, 2.75) is 52.1 Å². The second kappa shape index (κ2) is 4.78. The molecule has 3 nitrogen and oxygen atoms in total. The number of carboxylic acid groups (broad SMARTS) is 1. The molecule has 1 N–H and O–H groups in total. The molecule has 1 fully saturated rings. The maximum atomic E-state index is 11.0. The quantitative estimate of drug-likeness (QED) is 0.752. The number of carboxylic acids is 1. The first kappa shape index (κ1) is 11.5. The first-order chi connectivity index (χ1) is 6.52. The molecule has 0 spiro atoms. The van der Waals surface area contributed by atoms with Crippen molar-refractivity contribution in [3.05, 3.63) is 0 Å². The normalized spacial score (nSPS) is 25.6. The molecule has 82 valence electrons. The van der Waals surface area contributed by atoms with Crippen molar-refractivity contribution < 1.29 is 9.90 Å². The topological polar surface area (TPSA) is 40.5 Å². The van der Waals surface area contributed by atoms with E-state index in [1.165, 1.54) is 0 Å². The Labute approximate surface area is 86.1 Å². The number of nitrogens with zero attached hydrogens (tertiary/aromatic N) is 1. The summed E-state index contributed by atoms with van der Waals surface area (Å²) in [5.74, 6) is -0.0156. The van der Waals surface area contributed by atoms with Gasteiger partial charge in [-0.2, -0.15) is 0 Å². The number of hydrogen-bond acceptors (Lipinski definition) is 2. The third-order valence-electron chi connectivity index (χ3n) is 2.96. The molecule has 14 heavy (non-hydrogen) atoms. The second-order valence-electron chi connectivity index (χ2n) is 4.71. The fourth-order valence-corrected chi connectivity index (χ4v) is 2.40. The molecule has 0 aliphatic carbocycles. The highest BCUT2D eigenvalue weighted by Gasteiger charge is 2.33. The van der Waals surface area contributed by atoms with Crippen LogP contribution in [-0.4, -0.2) is 34.6 Å². The van der Waals surface area contributed by atoms with Crippen molar-refractivity contribution >= 4 is 5.97 Å². The lowest BCUT2D eigenvalue weighted by Crippen LogP contribution is -2.42. The average molecular weight is 199 g/mol. The highest BCUT2D eigenvalue weighted by molar-refractivity contribution is 5.73. The van der Waals surface area contributed by atoms with Crippen molar-refractivity contribution in [1.82, 2.24) is 4.90 Å². The summed E-state index contributed by atoms with van der Waals surface area (Å²) in [7, 11) is 0. The van der Waals surface area contributed by atoms with E-state index in [1.807, 2.05) is 0 Å². The Morgan fingerprint density at radius 2 is 2.14 bits per heavy atom. The van der Waals surface area contributed by atoms with Gasteiger partial charge in [-0.3, -0.25) is 9.69 Å². The van der Waals surface area contributed by atoms with Gasteiger partial charge in [0.25, 0.3) is 0 Å². The molecule has 0 aromatic carbocycles. The van der Waals surface area contributed by atoms with Crippen molar-refractivity contribution in [3.8, 4) is 0 Å². The Balaban J connectivity index is 2.53. The van der Waals surface area contributed by atoms with E-state index in [0.717, 1.165) is 25.8 Å². The lowest BCUT2D eigenvalue weighted by molar-refractivity contribution is -0.142. The molecule has 0 amide bonds. The van der Waals surface area contributed by atoms with Gasteiger partial charge in [0.15, 0.2) is 0 Å². The Kier molecular flexibility index (Phi) is 3.93. The van der Waals surface area contributed by atoms with E-state index in [4.69, 9.17) is 5.11 Å². The number of rotatable bonds is 4. The minimum absolute atomic E-state index is 0.233. The largest absolute Gasteiger partial charge is 0.480 e. The van der Waals surface area contributed by atoms with Crippen LogP contribution in [0.25, 0.3) is 0 Å². The van der Waals surface area contributed by atoms with Crippen molar-refractivity contribution in [3.63, 3.8) is 0 Å². The van der Waals surface area contributed by atoms with Crippen molar-refractivity contribution in [1.29, 1.82) is 0 Å². The van der Waals surface area contributed by atoms with Gasteiger partial charge in [0.05, 0.1) is 0 Å². The summed E-state index contributed by atoms with van der Waals surface area (Å²) in [5, 5.41) is 9.03. The maximum absolute atomic E-state index is 11.0. The van der Waals surface area contributed by atoms with Gasteiger partial charge >= 0.3 is 5.97 Å². The van der Waals surface area contributed by atoms with E-state index in [0.29, 0.717) is 12.0 Å². The molecule has 0 saturated carbocycles. The van der Waals surface area contributed by atoms with Crippen LogP contribution in [0.15, 0.2) is 0 Å². The predicted molar refractivity (Wildman–Crippen MR) is 56.3 cm³/mol. The lowest BCUT2D eigenvalue weighted by Gasteiger charge is -2.29. The molecule has 3 heteroatoms. The second-order valence-corrected chi connectivity index (χ2v) is 4.71. The van der Waals surface area contributed by atoms with Crippen LogP contribution in [0.4, 0.5) is 0 Å². The van der Waals surface area contributed by atoms with Crippen molar-refractivity contribution in [2.24, 2.45) is 5.92 Å². The highest BCUT2D eigenvalue weighted by Crippen LogP contribution is 2.23. The van der Waals surface area contributed by atoms with Crippen LogP contribution in [0.2, 0.25) is 0 Å². The van der Waals surface area contributed by atoms with E-state index < -0.39 is 5.97 Å². The first-order valence-electron chi connectivity index (χ1n) is 5.51. The summed E-state index contributed by atoms with van der Waals surface area (Å²) in [6, 6.07) is 0.169. The van der Waals surface area contributed by atoms with Gasteiger partial charge in [0.1, 0.15) is 6.04 Å². The van der Waals surface area contributed by atoms with E-state index in [9.17, 15) is 4.79 Å². The third-order valence-corrected chi connectivity index (χ3v) is 2.96. The van der Waals surface area contributed by atoms with E-state index in [1.54, 1.807) is 0 Å². The molecule has 0 aromatic heterocycles. The molecule has 2 unspecified atom stereocenters. The van der Waals surface area contributed by atoms with Crippen LogP contribution in [0.1, 0.15) is 40.0 Å². The number of likely N-dealkylation sites (tertiary alicyclic amines) is 1. The van der Waals surface area contributed by atoms with Gasteiger partial charge in [-0.05, 0) is 38.6 Å². The van der Waals surface area contributed by atoms with Gasteiger partial charge in [-0.15, -0.1) is 0 Å². The van der Waals surface area contributed by atoms with Crippen LogP contribution in [0.3, 0.4) is 0 Å².